The second kappa shape index (κ2) is 6.74. The van der Waals surface area contributed by atoms with E-state index in [0.717, 1.165) is 17.1 Å². The minimum atomic E-state index is -0.133. The summed E-state index contributed by atoms with van der Waals surface area (Å²) in [6.07, 6.45) is 3.58. The summed E-state index contributed by atoms with van der Waals surface area (Å²) in [5, 5.41) is 14.8. The van der Waals surface area contributed by atoms with E-state index in [1.54, 1.807) is 6.20 Å². The zero-order valence-corrected chi connectivity index (χ0v) is 15.8. The van der Waals surface area contributed by atoms with Gasteiger partial charge in [0.1, 0.15) is 5.82 Å². The van der Waals surface area contributed by atoms with Crippen molar-refractivity contribution in [3.05, 3.63) is 47.5 Å². The van der Waals surface area contributed by atoms with Gasteiger partial charge in [0, 0.05) is 35.6 Å². The first kappa shape index (κ1) is 17.8. The summed E-state index contributed by atoms with van der Waals surface area (Å²) in [7, 11) is 0. The summed E-state index contributed by atoms with van der Waals surface area (Å²) in [5.74, 6) is 1.37. The Kier molecular flexibility index (Phi) is 4.63. The number of benzene rings is 1. The van der Waals surface area contributed by atoms with Gasteiger partial charge in [-0.3, -0.25) is 9.20 Å². The molecule has 0 radical (unpaired) electrons. The number of anilines is 2. The summed E-state index contributed by atoms with van der Waals surface area (Å²) in [6.45, 7) is 10.7. The molecule has 0 aliphatic rings. The average Bonchev–Trinajstić information content (AvgIpc) is 3.02. The first-order valence-electron chi connectivity index (χ1n) is 8.67. The Labute approximate surface area is 152 Å². The summed E-state index contributed by atoms with van der Waals surface area (Å²) in [6, 6.07) is 5.55. The topological polar surface area (TPSA) is 84.2 Å². The number of fused-ring (bicyclic) bond motifs is 1. The van der Waals surface area contributed by atoms with Crippen molar-refractivity contribution in [2.45, 2.75) is 40.0 Å². The molecule has 1 aromatic carbocycles. The molecule has 1 amide bonds. The average molecular weight is 352 g/mol. The molecule has 3 aromatic rings. The highest BCUT2D eigenvalue weighted by Crippen LogP contribution is 2.26. The van der Waals surface area contributed by atoms with E-state index >= 15 is 0 Å². The Hall–Kier alpha value is -2.96. The van der Waals surface area contributed by atoms with Crippen molar-refractivity contribution in [3.8, 4) is 0 Å². The molecule has 26 heavy (non-hydrogen) atoms. The van der Waals surface area contributed by atoms with Gasteiger partial charge in [-0.15, -0.1) is 10.2 Å². The van der Waals surface area contributed by atoms with Crippen LogP contribution in [0.2, 0.25) is 0 Å². The van der Waals surface area contributed by atoms with Gasteiger partial charge >= 0.3 is 0 Å². The minimum Gasteiger partial charge on any atom is -0.352 e. The molecule has 0 saturated heterocycles. The molecule has 0 spiro atoms. The van der Waals surface area contributed by atoms with E-state index in [9.17, 15) is 4.79 Å². The molecule has 0 atom stereocenters. The predicted octanol–water partition coefficient (Wildman–Crippen LogP) is 3.22. The first-order chi connectivity index (χ1) is 12.3. The van der Waals surface area contributed by atoms with Crippen LogP contribution >= 0.6 is 0 Å². The van der Waals surface area contributed by atoms with Crippen molar-refractivity contribution in [1.82, 2.24) is 24.9 Å². The number of amides is 1. The number of nitrogens with one attached hydrogen (secondary N) is 2. The number of hydrogen-bond donors (Lipinski definition) is 2. The number of hydrogen-bond acceptors (Lipinski definition) is 5. The molecule has 136 valence electrons. The van der Waals surface area contributed by atoms with E-state index < -0.39 is 0 Å². The highest BCUT2D eigenvalue weighted by Gasteiger charge is 2.22. The van der Waals surface area contributed by atoms with E-state index in [1.807, 2.05) is 42.6 Å². The first-order valence-corrected chi connectivity index (χ1v) is 8.67. The van der Waals surface area contributed by atoms with Crippen LogP contribution in [-0.2, 0) is 5.41 Å². The van der Waals surface area contributed by atoms with Crippen molar-refractivity contribution in [2.75, 3.05) is 11.9 Å². The lowest BCUT2D eigenvalue weighted by molar-refractivity contribution is 0.0956. The number of rotatable bonds is 4. The van der Waals surface area contributed by atoms with Crippen LogP contribution in [-0.4, -0.2) is 32.0 Å². The summed E-state index contributed by atoms with van der Waals surface area (Å²) in [4.78, 5) is 16.5. The van der Waals surface area contributed by atoms with Gasteiger partial charge in [0.05, 0.1) is 0 Å². The van der Waals surface area contributed by atoms with Crippen LogP contribution in [0.5, 0.6) is 0 Å². The third-order valence-corrected chi connectivity index (χ3v) is 4.09. The Morgan fingerprint density at radius 1 is 1.23 bits per heavy atom. The van der Waals surface area contributed by atoms with Gasteiger partial charge in [-0.25, -0.2) is 4.98 Å². The molecular weight excluding hydrogens is 328 g/mol. The molecule has 0 aliphatic heterocycles. The number of carbonyl (C=O) groups excluding carboxylic acids is 1. The third-order valence-electron chi connectivity index (χ3n) is 4.09. The van der Waals surface area contributed by atoms with Gasteiger partial charge in [0.15, 0.2) is 5.82 Å². The fraction of sp³-hybridized carbons (Fsp3) is 0.368. The lowest BCUT2D eigenvalue weighted by Crippen LogP contribution is -2.22. The summed E-state index contributed by atoms with van der Waals surface area (Å²) in [5.41, 5.74) is 2.95. The van der Waals surface area contributed by atoms with Gasteiger partial charge in [-0.05, 0) is 31.5 Å². The quantitative estimate of drug-likeness (QED) is 0.753. The van der Waals surface area contributed by atoms with Gasteiger partial charge in [0.2, 0.25) is 5.65 Å². The molecule has 7 heteroatoms. The number of aromatic nitrogens is 4. The van der Waals surface area contributed by atoms with Crippen LogP contribution in [0.4, 0.5) is 11.5 Å². The molecule has 0 aliphatic carbocycles. The van der Waals surface area contributed by atoms with Gasteiger partial charge in [0.25, 0.3) is 5.91 Å². The molecule has 7 nitrogen and oxygen atoms in total. The largest absolute Gasteiger partial charge is 0.352 e. The van der Waals surface area contributed by atoms with Crippen LogP contribution in [0.3, 0.4) is 0 Å². The molecule has 2 aromatic heterocycles. The monoisotopic (exact) mass is 352 g/mol. The highest BCUT2D eigenvalue weighted by molar-refractivity contribution is 5.95. The van der Waals surface area contributed by atoms with Crippen molar-refractivity contribution < 1.29 is 4.79 Å². The van der Waals surface area contributed by atoms with Crippen molar-refractivity contribution in [2.24, 2.45) is 0 Å². The fourth-order valence-corrected chi connectivity index (χ4v) is 2.71. The maximum atomic E-state index is 12.1. The lowest BCUT2D eigenvalue weighted by atomic mass is 9.96. The number of carbonyl (C=O) groups is 1. The summed E-state index contributed by atoms with van der Waals surface area (Å²) >= 11 is 0. The molecule has 0 fully saturated rings. The molecule has 3 rings (SSSR count). The highest BCUT2D eigenvalue weighted by atomic mass is 16.1. The van der Waals surface area contributed by atoms with Crippen LogP contribution in [0.1, 0.15) is 49.4 Å². The SMILES string of the molecule is CCNC(=O)c1ccc(C)c(Nc2nccn3c(C(C)(C)C)nnc23)c1. The predicted molar refractivity (Wildman–Crippen MR) is 102 cm³/mol. The minimum absolute atomic E-state index is 0.0979. The van der Waals surface area contributed by atoms with Gasteiger partial charge in [-0.1, -0.05) is 26.8 Å². The van der Waals surface area contributed by atoms with Gasteiger partial charge < -0.3 is 10.6 Å². The van der Waals surface area contributed by atoms with Gasteiger partial charge in [-0.2, -0.15) is 0 Å². The van der Waals surface area contributed by atoms with E-state index in [2.05, 4.69) is 46.6 Å². The maximum Gasteiger partial charge on any atom is 0.251 e. The van der Waals surface area contributed by atoms with Crippen molar-refractivity contribution in [3.63, 3.8) is 0 Å². The second-order valence-corrected chi connectivity index (χ2v) is 7.26. The second-order valence-electron chi connectivity index (χ2n) is 7.26. The van der Waals surface area contributed by atoms with Crippen molar-refractivity contribution in [1.29, 1.82) is 0 Å². The number of aryl methyl sites for hydroxylation is 1. The molecule has 0 unspecified atom stereocenters. The normalized spacial score (nSPS) is 11.6. The Bertz CT molecular complexity index is 954. The zero-order valence-electron chi connectivity index (χ0n) is 15.8. The van der Waals surface area contributed by atoms with Crippen LogP contribution in [0.25, 0.3) is 5.65 Å². The molecular formula is C19H24N6O. The molecule has 2 heterocycles. The smallest absolute Gasteiger partial charge is 0.251 e. The maximum absolute atomic E-state index is 12.1. The lowest BCUT2D eigenvalue weighted by Gasteiger charge is -2.16. The Morgan fingerprint density at radius 2 is 2.00 bits per heavy atom. The molecule has 0 saturated carbocycles. The van der Waals surface area contributed by atoms with E-state index in [-0.39, 0.29) is 11.3 Å². The number of nitrogens with zero attached hydrogens (tertiary/aromatic N) is 4. The van der Waals surface area contributed by atoms with E-state index in [0.29, 0.717) is 23.6 Å². The summed E-state index contributed by atoms with van der Waals surface area (Å²) < 4.78 is 1.94. The molecule has 2 N–H and O–H groups in total. The van der Waals surface area contributed by atoms with Crippen LogP contribution in [0.15, 0.2) is 30.6 Å². The fourth-order valence-electron chi connectivity index (χ4n) is 2.71. The van der Waals surface area contributed by atoms with Crippen LogP contribution < -0.4 is 10.6 Å². The zero-order chi connectivity index (χ0) is 18.9. The Morgan fingerprint density at radius 3 is 2.69 bits per heavy atom. The third kappa shape index (κ3) is 3.37. The van der Waals surface area contributed by atoms with E-state index in [4.69, 9.17) is 0 Å². The van der Waals surface area contributed by atoms with E-state index in [1.165, 1.54) is 0 Å². The standard InChI is InChI=1S/C19H24N6O/c1-6-20-17(26)13-8-7-12(2)14(11-13)22-15-16-23-24-18(19(3,4)5)25(16)10-9-21-15/h7-11H,6H2,1-5H3,(H,20,26)(H,21,22). The molecule has 0 bridgehead atoms. The Balaban J connectivity index is 2.01. The van der Waals surface area contributed by atoms with Crippen molar-refractivity contribution >= 4 is 23.1 Å². The van der Waals surface area contributed by atoms with Crippen LogP contribution in [0, 0.1) is 6.92 Å².